The summed E-state index contributed by atoms with van der Waals surface area (Å²) < 4.78 is 0. The Morgan fingerprint density at radius 1 is 1.21 bits per heavy atom. The Balaban J connectivity index is 2.72. The molecule has 0 heterocycles. The summed E-state index contributed by atoms with van der Waals surface area (Å²) >= 11 is 0. The summed E-state index contributed by atoms with van der Waals surface area (Å²) in [6, 6.07) is 6.79. The molecule has 0 fully saturated rings. The Labute approximate surface area is 114 Å². The zero-order chi connectivity index (χ0) is 14.4. The lowest BCUT2D eigenvalue weighted by Crippen LogP contribution is -2.23. The number of nitrogens with one attached hydrogen (secondary N) is 1. The lowest BCUT2D eigenvalue weighted by atomic mass is 9.97. The second-order valence-electron chi connectivity index (χ2n) is 5.05. The van der Waals surface area contributed by atoms with Gasteiger partial charge < -0.3 is 15.5 Å². The number of ketones is 1. The topological polar surface area (TPSA) is 69.6 Å². The van der Waals surface area contributed by atoms with Gasteiger partial charge in [0.05, 0.1) is 6.10 Å². The van der Waals surface area contributed by atoms with Crippen molar-refractivity contribution in [2.24, 2.45) is 5.92 Å². The zero-order valence-corrected chi connectivity index (χ0v) is 11.8. The molecule has 0 bridgehead atoms. The zero-order valence-electron chi connectivity index (χ0n) is 11.8. The summed E-state index contributed by atoms with van der Waals surface area (Å²) in [7, 11) is 1.80. The molecule has 19 heavy (non-hydrogen) atoms. The number of hydrogen-bond donors (Lipinski definition) is 3. The van der Waals surface area contributed by atoms with E-state index in [-0.39, 0.29) is 11.7 Å². The van der Waals surface area contributed by atoms with Gasteiger partial charge in [0.2, 0.25) is 0 Å². The number of aliphatic hydroxyl groups excluding tert-OH is 2. The predicted molar refractivity (Wildman–Crippen MR) is 75.1 cm³/mol. The molecule has 0 aromatic heterocycles. The molecular weight excluding hydrogens is 242 g/mol. The van der Waals surface area contributed by atoms with E-state index < -0.39 is 12.2 Å². The third-order valence-corrected chi connectivity index (χ3v) is 3.12. The van der Waals surface area contributed by atoms with Crippen LogP contribution in [0.5, 0.6) is 0 Å². The molecule has 2 atom stereocenters. The minimum absolute atomic E-state index is 0.0445. The first-order valence-electron chi connectivity index (χ1n) is 6.62. The van der Waals surface area contributed by atoms with E-state index in [1.54, 1.807) is 31.3 Å². The average molecular weight is 265 g/mol. The molecule has 0 spiro atoms. The smallest absolute Gasteiger partial charge is 0.165 e. The van der Waals surface area contributed by atoms with Crippen LogP contribution in [0.25, 0.3) is 0 Å². The van der Waals surface area contributed by atoms with Crippen LogP contribution in [0, 0.1) is 5.92 Å². The summed E-state index contributed by atoms with van der Waals surface area (Å²) in [4.78, 5) is 11.8. The normalized spacial score (nSPS) is 14.4. The first-order valence-corrected chi connectivity index (χ1v) is 6.62. The number of aliphatic hydroxyl groups is 2. The lowest BCUT2D eigenvalue weighted by Gasteiger charge is -2.18. The minimum atomic E-state index is -0.920. The van der Waals surface area contributed by atoms with Gasteiger partial charge in [0.15, 0.2) is 5.78 Å². The summed E-state index contributed by atoms with van der Waals surface area (Å²) in [6.45, 7) is 4.35. The third-order valence-electron chi connectivity index (χ3n) is 3.12. The number of rotatable bonds is 7. The molecule has 0 aliphatic heterocycles. The van der Waals surface area contributed by atoms with E-state index in [9.17, 15) is 15.0 Å². The number of Topliss-reactive ketones (excluding diaryl/α,β-unsaturated/α-hetero) is 1. The highest BCUT2D eigenvalue weighted by atomic mass is 16.3. The van der Waals surface area contributed by atoms with Gasteiger partial charge in [0.25, 0.3) is 0 Å². The van der Waals surface area contributed by atoms with Crippen LogP contribution in [0.4, 0.5) is 0 Å². The van der Waals surface area contributed by atoms with E-state index in [4.69, 9.17) is 0 Å². The van der Waals surface area contributed by atoms with E-state index in [1.165, 1.54) is 0 Å². The number of benzene rings is 1. The van der Waals surface area contributed by atoms with Crippen LogP contribution in [0.2, 0.25) is 0 Å². The Morgan fingerprint density at radius 2 is 1.79 bits per heavy atom. The second-order valence-corrected chi connectivity index (χ2v) is 5.05. The summed E-state index contributed by atoms with van der Waals surface area (Å²) in [5.41, 5.74) is 1.26. The number of hydrogen-bond acceptors (Lipinski definition) is 4. The van der Waals surface area contributed by atoms with Crippen molar-refractivity contribution in [3.63, 3.8) is 0 Å². The molecule has 4 nitrogen and oxygen atoms in total. The highest BCUT2D eigenvalue weighted by molar-refractivity contribution is 5.97. The quantitative estimate of drug-likeness (QED) is 0.654. The van der Waals surface area contributed by atoms with Crippen LogP contribution >= 0.6 is 0 Å². The molecule has 1 aromatic carbocycles. The fourth-order valence-corrected chi connectivity index (χ4v) is 1.85. The van der Waals surface area contributed by atoms with Gasteiger partial charge in [-0.1, -0.05) is 38.1 Å². The standard InChI is InChI=1S/C15H23NO3/c1-10(2)14(18)11-4-6-12(7-5-11)15(19)13(17)8-9-16-3/h4-7,10,13,15-17,19H,8-9H2,1-3H3. The third kappa shape index (κ3) is 4.42. The van der Waals surface area contributed by atoms with Crippen LogP contribution in [-0.4, -0.2) is 35.7 Å². The van der Waals surface area contributed by atoms with Crippen molar-refractivity contribution >= 4 is 5.78 Å². The molecule has 0 aliphatic rings. The molecule has 1 aromatic rings. The van der Waals surface area contributed by atoms with Crippen molar-refractivity contribution in [3.8, 4) is 0 Å². The Hall–Kier alpha value is -1.23. The second kappa shape index (κ2) is 7.38. The Bertz CT molecular complexity index is 400. The molecule has 106 valence electrons. The van der Waals surface area contributed by atoms with Crippen molar-refractivity contribution < 1.29 is 15.0 Å². The first-order chi connectivity index (χ1) is 8.97. The van der Waals surface area contributed by atoms with Crippen LogP contribution in [0.3, 0.4) is 0 Å². The first kappa shape index (κ1) is 15.8. The lowest BCUT2D eigenvalue weighted by molar-refractivity contribution is 0.0140. The Morgan fingerprint density at radius 3 is 2.26 bits per heavy atom. The maximum Gasteiger partial charge on any atom is 0.165 e. The molecule has 3 N–H and O–H groups in total. The van der Waals surface area contributed by atoms with Crippen molar-refractivity contribution in [1.82, 2.24) is 5.32 Å². The molecule has 0 saturated carbocycles. The van der Waals surface area contributed by atoms with Crippen LogP contribution in [-0.2, 0) is 0 Å². The van der Waals surface area contributed by atoms with Crippen molar-refractivity contribution in [1.29, 1.82) is 0 Å². The highest BCUT2D eigenvalue weighted by Crippen LogP contribution is 2.20. The van der Waals surface area contributed by atoms with Crippen molar-refractivity contribution in [2.75, 3.05) is 13.6 Å². The van der Waals surface area contributed by atoms with E-state index in [0.29, 0.717) is 24.1 Å². The van der Waals surface area contributed by atoms with E-state index >= 15 is 0 Å². The van der Waals surface area contributed by atoms with Gasteiger partial charge in [0, 0.05) is 11.5 Å². The van der Waals surface area contributed by atoms with Gasteiger partial charge in [0.1, 0.15) is 6.10 Å². The van der Waals surface area contributed by atoms with Gasteiger partial charge in [-0.05, 0) is 25.6 Å². The Kier molecular flexibility index (Phi) is 6.15. The molecule has 0 radical (unpaired) electrons. The fourth-order valence-electron chi connectivity index (χ4n) is 1.85. The largest absolute Gasteiger partial charge is 0.390 e. The minimum Gasteiger partial charge on any atom is -0.390 e. The van der Waals surface area contributed by atoms with Gasteiger partial charge in [-0.3, -0.25) is 4.79 Å². The van der Waals surface area contributed by atoms with Gasteiger partial charge in [-0.15, -0.1) is 0 Å². The molecule has 0 aliphatic carbocycles. The van der Waals surface area contributed by atoms with E-state index in [0.717, 1.165) is 0 Å². The SMILES string of the molecule is CNCCC(O)C(O)c1ccc(C(=O)C(C)C)cc1. The summed E-state index contributed by atoms with van der Waals surface area (Å²) in [5, 5.41) is 22.7. The summed E-state index contributed by atoms with van der Waals surface area (Å²) in [6.07, 6.45) is -1.25. The molecule has 1 rings (SSSR count). The molecular formula is C15H23NO3. The monoisotopic (exact) mass is 265 g/mol. The number of carbonyl (C=O) groups excluding carboxylic acids is 1. The predicted octanol–water partition coefficient (Wildman–Crippen LogP) is 1.53. The molecule has 2 unspecified atom stereocenters. The maximum atomic E-state index is 11.8. The highest BCUT2D eigenvalue weighted by Gasteiger charge is 2.18. The molecule has 0 saturated heterocycles. The van der Waals surface area contributed by atoms with Gasteiger partial charge >= 0.3 is 0 Å². The maximum absolute atomic E-state index is 11.8. The molecule has 0 amide bonds. The van der Waals surface area contributed by atoms with E-state index in [1.807, 2.05) is 13.8 Å². The van der Waals surface area contributed by atoms with Gasteiger partial charge in [-0.25, -0.2) is 0 Å². The van der Waals surface area contributed by atoms with E-state index in [2.05, 4.69) is 5.32 Å². The van der Waals surface area contributed by atoms with Crippen molar-refractivity contribution in [2.45, 2.75) is 32.5 Å². The van der Waals surface area contributed by atoms with Crippen molar-refractivity contribution in [3.05, 3.63) is 35.4 Å². The van der Waals surface area contributed by atoms with Crippen LogP contribution in [0.15, 0.2) is 24.3 Å². The van der Waals surface area contributed by atoms with Gasteiger partial charge in [-0.2, -0.15) is 0 Å². The summed E-state index contributed by atoms with van der Waals surface area (Å²) in [5.74, 6) is 0.0359. The molecule has 4 heteroatoms. The van der Waals surface area contributed by atoms with Crippen LogP contribution < -0.4 is 5.32 Å². The fraction of sp³-hybridized carbons (Fsp3) is 0.533. The number of carbonyl (C=O) groups is 1. The van der Waals surface area contributed by atoms with Crippen LogP contribution in [0.1, 0.15) is 42.3 Å². The average Bonchev–Trinajstić information content (AvgIpc) is 2.43.